The minimum absolute atomic E-state index is 0.0253. The number of carbonyl (C=O) groups excluding carboxylic acids is 2. The summed E-state index contributed by atoms with van der Waals surface area (Å²) in [6.45, 7) is 9.03. The van der Waals surface area contributed by atoms with Crippen molar-refractivity contribution in [1.82, 2.24) is 0 Å². The third-order valence-electron chi connectivity index (χ3n) is 4.15. The molecule has 0 unspecified atom stereocenters. The fourth-order valence-corrected chi connectivity index (χ4v) is 2.36. The number of esters is 2. The number of rotatable bonds is 15. The SMILES string of the molecule is CC(C)=CCC/C(C)=C/CC/C(C)=C/COC(=O)CCC(=O)OCCCCO. The molecule has 0 heterocycles. The van der Waals surface area contributed by atoms with E-state index in [1.54, 1.807) is 0 Å². The summed E-state index contributed by atoms with van der Waals surface area (Å²) in [6.07, 6.45) is 11.8. The van der Waals surface area contributed by atoms with Crippen LogP contribution in [-0.4, -0.2) is 36.9 Å². The van der Waals surface area contributed by atoms with Crippen LogP contribution >= 0.6 is 0 Å². The van der Waals surface area contributed by atoms with Crippen molar-refractivity contribution in [2.75, 3.05) is 19.8 Å². The number of hydrogen-bond donors (Lipinski definition) is 1. The molecule has 0 amide bonds. The molecule has 0 spiro atoms. The highest BCUT2D eigenvalue weighted by Gasteiger charge is 2.08. The summed E-state index contributed by atoms with van der Waals surface area (Å²) in [5, 5.41) is 8.64. The lowest BCUT2D eigenvalue weighted by molar-refractivity contribution is -0.149. The second-order valence-corrected chi connectivity index (χ2v) is 7.29. The van der Waals surface area contributed by atoms with E-state index in [0.717, 1.165) is 25.7 Å². The molecular weight excluding hydrogens is 356 g/mol. The maximum Gasteiger partial charge on any atom is 0.306 e. The van der Waals surface area contributed by atoms with Crippen LogP contribution in [0.5, 0.6) is 0 Å². The van der Waals surface area contributed by atoms with Crippen LogP contribution in [0.3, 0.4) is 0 Å². The fourth-order valence-electron chi connectivity index (χ4n) is 2.36. The molecule has 0 saturated carbocycles. The standard InChI is InChI=1S/C23H38O5/c1-19(2)9-7-10-20(3)11-8-12-21(4)15-18-28-23(26)14-13-22(25)27-17-6-5-16-24/h9,11,15,24H,5-8,10,12-14,16-18H2,1-4H3/b20-11+,21-15+. The summed E-state index contributed by atoms with van der Waals surface area (Å²) in [4.78, 5) is 23.1. The van der Waals surface area contributed by atoms with Gasteiger partial charge in [-0.1, -0.05) is 28.9 Å². The number of allylic oxidation sites excluding steroid dienone is 5. The lowest BCUT2D eigenvalue weighted by atomic mass is 10.1. The van der Waals surface area contributed by atoms with E-state index in [1.807, 2.05) is 13.0 Å². The third kappa shape index (κ3) is 17.5. The van der Waals surface area contributed by atoms with Gasteiger partial charge in [0, 0.05) is 6.61 Å². The predicted molar refractivity (Wildman–Crippen MR) is 113 cm³/mol. The monoisotopic (exact) mass is 394 g/mol. The number of aliphatic hydroxyl groups excluding tert-OH is 1. The van der Waals surface area contributed by atoms with Crippen LogP contribution in [0.15, 0.2) is 34.9 Å². The summed E-state index contributed by atoms with van der Waals surface area (Å²) in [6, 6.07) is 0. The molecule has 0 aromatic heterocycles. The van der Waals surface area contributed by atoms with Crippen molar-refractivity contribution in [1.29, 1.82) is 0 Å². The second-order valence-electron chi connectivity index (χ2n) is 7.29. The molecule has 0 rings (SSSR count). The summed E-state index contributed by atoms with van der Waals surface area (Å²) < 4.78 is 10.1. The highest BCUT2D eigenvalue weighted by atomic mass is 16.5. The second kappa shape index (κ2) is 17.2. The van der Waals surface area contributed by atoms with Crippen molar-refractivity contribution in [3.05, 3.63) is 34.9 Å². The Morgan fingerprint density at radius 2 is 1.32 bits per heavy atom. The van der Waals surface area contributed by atoms with Crippen molar-refractivity contribution >= 4 is 11.9 Å². The Morgan fingerprint density at radius 1 is 0.750 bits per heavy atom. The van der Waals surface area contributed by atoms with Crippen LogP contribution in [0.1, 0.15) is 79.1 Å². The molecule has 5 heteroatoms. The Bertz CT molecular complexity index is 539. The van der Waals surface area contributed by atoms with E-state index < -0.39 is 11.9 Å². The zero-order valence-corrected chi connectivity index (χ0v) is 18.1. The summed E-state index contributed by atoms with van der Waals surface area (Å²) in [5.41, 5.74) is 3.94. The van der Waals surface area contributed by atoms with E-state index in [9.17, 15) is 9.59 Å². The topological polar surface area (TPSA) is 72.8 Å². The van der Waals surface area contributed by atoms with Crippen molar-refractivity contribution < 1.29 is 24.2 Å². The number of hydrogen-bond acceptors (Lipinski definition) is 5. The summed E-state index contributed by atoms with van der Waals surface area (Å²) in [7, 11) is 0. The fraction of sp³-hybridized carbons (Fsp3) is 0.652. The first-order chi connectivity index (χ1) is 13.3. The third-order valence-corrected chi connectivity index (χ3v) is 4.15. The predicted octanol–water partition coefficient (Wildman–Crippen LogP) is 5.04. The first-order valence-electron chi connectivity index (χ1n) is 10.2. The minimum atomic E-state index is -0.409. The van der Waals surface area contributed by atoms with E-state index >= 15 is 0 Å². The van der Waals surface area contributed by atoms with Gasteiger partial charge in [0.1, 0.15) is 6.61 Å². The van der Waals surface area contributed by atoms with Crippen LogP contribution in [0.4, 0.5) is 0 Å². The molecular formula is C23H38O5. The van der Waals surface area contributed by atoms with Gasteiger partial charge in [0.15, 0.2) is 0 Å². The van der Waals surface area contributed by atoms with Gasteiger partial charge in [0.2, 0.25) is 0 Å². The average Bonchev–Trinajstić information content (AvgIpc) is 2.63. The lowest BCUT2D eigenvalue weighted by Gasteiger charge is -2.05. The molecule has 160 valence electrons. The van der Waals surface area contributed by atoms with Crippen LogP contribution < -0.4 is 0 Å². The molecule has 0 aromatic carbocycles. The summed E-state index contributed by atoms with van der Waals surface area (Å²) >= 11 is 0. The van der Waals surface area contributed by atoms with Crippen molar-refractivity contribution in [2.45, 2.75) is 79.1 Å². The molecule has 5 nitrogen and oxygen atoms in total. The summed E-state index contributed by atoms with van der Waals surface area (Å²) in [5.74, 6) is -0.806. The molecule has 0 aromatic rings. The van der Waals surface area contributed by atoms with E-state index in [1.165, 1.54) is 16.7 Å². The van der Waals surface area contributed by atoms with E-state index in [4.69, 9.17) is 14.6 Å². The maximum atomic E-state index is 11.7. The molecule has 0 bridgehead atoms. The van der Waals surface area contributed by atoms with Crippen LogP contribution in [-0.2, 0) is 19.1 Å². The number of unbranched alkanes of at least 4 members (excludes halogenated alkanes) is 1. The molecule has 1 N–H and O–H groups in total. The van der Waals surface area contributed by atoms with Gasteiger partial charge in [0.05, 0.1) is 19.4 Å². The molecule has 0 fully saturated rings. The van der Waals surface area contributed by atoms with Gasteiger partial charge in [-0.25, -0.2) is 0 Å². The molecule has 28 heavy (non-hydrogen) atoms. The number of ether oxygens (including phenoxy) is 2. The van der Waals surface area contributed by atoms with Gasteiger partial charge in [-0.2, -0.15) is 0 Å². The lowest BCUT2D eigenvalue weighted by Crippen LogP contribution is -2.11. The van der Waals surface area contributed by atoms with E-state index in [2.05, 4.69) is 32.9 Å². The van der Waals surface area contributed by atoms with Crippen molar-refractivity contribution in [2.24, 2.45) is 0 Å². The van der Waals surface area contributed by atoms with Gasteiger partial charge >= 0.3 is 11.9 Å². The highest BCUT2D eigenvalue weighted by molar-refractivity contribution is 5.77. The van der Waals surface area contributed by atoms with E-state index in [-0.39, 0.29) is 32.7 Å². The molecule has 0 radical (unpaired) electrons. The zero-order valence-electron chi connectivity index (χ0n) is 18.1. The van der Waals surface area contributed by atoms with Crippen molar-refractivity contribution in [3.63, 3.8) is 0 Å². The maximum absolute atomic E-state index is 11.7. The van der Waals surface area contributed by atoms with Crippen LogP contribution in [0, 0.1) is 0 Å². The normalized spacial score (nSPS) is 11.9. The molecule has 0 aliphatic heterocycles. The first kappa shape index (κ1) is 26.1. The Hall–Kier alpha value is -1.88. The first-order valence-corrected chi connectivity index (χ1v) is 10.2. The molecule has 0 atom stereocenters. The largest absolute Gasteiger partial charge is 0.466 e. The molecule has 0 saturated heterocycles. The van der Waals surface area contributed by atoms with Gasteiger partial charge in [-0.05, 0) is 72.3 Å². The average molecular weight is 395 g/mol. The number of aliphatic hydroxyl groups is 1. The van der Waals surface area contributed by atoms with Gasteiger partial charge in [-0.3, -0.25) is 9.59 Å². The van der Waals surface area contributed by atoms with E-state index in [0.29, 0.717) is 12.8 Å². The minimum Gasteiger partial charge on any atom is -0.466 e. The van der Waals surface area contributed by atoms with Gasteiger partial charge < -0.3 is 14.6 Å². The Balaban J connectivity index is 3.88. The van der Waals surface area contributed by atoms with Crippen LogP contribution in [0.2, 0.25) is 0 Å². The van der Waals surface area contributed by atoms with Gasteiger partial charge in [0.25, 0.3) is 0 Å². The zero-order chi connectivity index (χ0) is 21.2. The molecule has 0 aliphatic rings. The quantitative estimate of drug-likeness (QED) is 0.239. The Labute approximate surface area is 170 Å². The van der Waals surface area contributed by atoms with Crippen molar-refractivity contribution in [3.8, 4) is 0 Å². The Morgan fingerprint density at radius 3 is 1.93 bits per heavy atom. The van der Waals surface area contributed by atoms with Gasteiger partial charge in [-0.15, -0.1) is 0 Å². The molecule has 0 aliphatic carbocycles. The Kier molecular flexibility index (Phi) is 16.1. The highest BCUT2D eigenvalue weighted by Crippen LogP contribution is 2.11. The number of carbonyl (C=O) groups is 2. The van der Waals surface area contributed by atoms with Crippen LogP contribution in [0.25, 0.3) is 0 Å². The smallest absolute Gasteiger partial charge is 0.306 e.